The second kappa shape index (κ2) is 4.12. The van der Waals surface area contributed by atoms with Gasteiger partial charge in [0.2, 0.25) is 0 Å². The first-order valence-corrected chi connectivity index (χ1v) is 4.87. The van der Waals surface area contributed by atoms with E-state index in [-0.39, 0.29) is 11.3 Å². The summed E-state index contributed by atoms with van der Waals surface area (Å²) in [6, 6.07) is 4.32. The first-order chi connectivity index (χ1) is 8.04. The van der Waals surface area contributed by atoms with Crippen molar-refractivity contribution in [2.45, 2.75) is 6.43 Å². The molecule has 6 heteroatoms. The minimum absolute atomic E-state index is 0.106. The molecule has 1 heterocycles. The summed E-state index contributed by atoms with van der Waals surface area (Å²) in [6.07, 6.45) is -2.68. The van der Waals surface area contributed by atoms with Crippen LogP contribution in [0.3, 0.4) is 0 Å². The van der Waals surface area contributed by atoms with Gasteiger partial charge in [-0.1, -0.05) is 0 Å². The van der Waals surface area contributed by atoms with Crippen molar-refractivity contribution in [3.8, 4) is 5.75 Å². The monoisotopic (exact) mass is 241 g/mol. The summed E-state index contributed by atoms with van der Waals surface area (Å²) in [7, 11) is 1.42. The summed E-state index contributed by atoms with van der Waals surface area (Å²) in [6.45, 7) is -0.774. The molecule has 1 aromatic carbocycles. The third-order valence-corrected chi connectivity index (χ3v) is 2.50. The zero-order valence-electron chi connectivity index (χ0n) is 8.94. The van der Waals surface area contributed by atoms with E-state index in [4.69, 9.17) is 4.74 Å². The molecule has 0 spiro atoms. The number of benzene rings is 1. The smallest absolute Gasteiger partial charge is 0.299 e. The van der Waals surface area contributed by atoms with E-state index in [1.54, 1.807) is 0 Å². The molecule has 17 heavy (non-hydrogen) atoms. The maximum atomic E-state index is 12.3. The molecule has 0 N–H and O–H groups in total. The van der Waals surface area contributed by atoms with Gasteiger partial charge in [-0.3, -0.25) is 14.5 Å². The number of anilines is 1. The van der Waals surface area contributed by atoms with E-state index in [1.807, 2.05) is 0 Å². The molecule has 0 saturated heterocycles. The Bertz CT molecular complexity index is 488. The molecule has 2 rings (SSSR count). The Morgan fingerprint density at radius 2 is 2.06 bits per heavy atom. The van der Waals surface area contributed by atoms with Crippen molar-refractivity contribution in [3.05, 3.63) is 23.8 Å². The van der Waals surface area contributed by atoms with Gasteiger partial charge in [0.05, 0.1) is 24.9 Å². The zero-order chi connectivity index (χ0) is 12.6. The van der Waals surface area contributed by atoms with Crippen LogP contribution in [0.2, 0.25) is 0 Å². The Labute approximate surface area is 95.8 Å². The van der Waals surface area contributed by atoms with E-state index in [9.17, 15) is 18.4 Å². The Morgan fingerprint density at radius 3 is 2.65 bits per heavy atom. The van der Waals surface area contributed by atoms with Crippen molar-refractivity contribution < 1.29 is 23.1 Å². The number of Topliss-reactive ketones (excluding diaryl/α,β-unsaturated/α-hetero) is 1. The van der Waals surface area contributed by atoms with Crippen LogP contribution in [0, 0.1) is 0 Å². The number of carbonyl (C=O) groups is 2. The number of fused-ring (bicyclic) bond motifs is 1. The summed E-state index contributed by atoms with van der Waals surface area (Å²) >= 11 is 0. The number of carbonyl (C=O) groups excluding carboxylic acids is 2. The van der Waals surface area contributed by atoms with Gasteiger partial charge in [0, 0.05) is 0 Å². The standard InChI is InChI=1S/C11H9F2NO3/c1-17-6-2-3-8-7(4-6)10(15)11(16)14(8)5-9(12)13/h2-4,9H,5H2,1H3. The number of ether oxygens (including phenoxy) is 1. The van der Waals surface area contributed by atoms with Crippen LogP contribution in [0.25, 0.3) is 0 Å². The Kier molecular flexibility index (Phi) is 2.79. The maximum absolute atomic E-state index is 12.3. The van der Waals surface area contributed by atoms with Crippen LogP contribution >= 0.6 is 0 Å². The largest absolute Gasteiger partial charge is 0.497 e. The molecule has 1 aliphatic heterocycles. The fraction of sp³-hybridized carbons (Fsp3) is 0.273. The van der Waals surface area contributed by atoms with Crippen molar-refractivity contribution in [2.24, 2.45) is 0 Å². The molecule has 0 bridgehead atoms. The highest BCUT2D eigenvalue weighted by molar-refractivity contribution is 6.52. The van der Waals surface area contributed by atoms with Crippen molar-refractivity contribution in [3.63, 3.8) is 0 Å². The molecule has 1 aliphatic rings. The summed E-state index contributed by atoms with van der Waals surface area (Å²) in [5.74, 6) is -1.29. The van der Waals surface area contributed by atoms with E-state index >= 15 is 0 Å². The molecule has 90 valence electrons. The number of halogens is 2. The van der Waals surface area contributed by atoms with E-state index in [1.165, 1.54) is 25.3 Å². The number of ketones is 1. The van der Waals surface area contributed by atoms with E-state index in [0.717, 1.165) is 4.90 Å². The number of methoxy groups -OCH3 is 1. The lowest BCUT2D eigenvalue weighted by Gasteiger charge is -2.15. The maximum Gasteiger partial charge on any atom is 0.299 e. The van der Waals surface area contributed by atoms with Crippen molar-refractivity contribution in [1.29, 1.82) is 0 Å². The summed E-state index contributed by atoms with van der Waals surface area (Å²) < 4.78 is 29.5. The van der Waals surface area contributed by atoms with Crippen LogP contribution < -0.4 is 9.64 Å². The second-order valence-electron chi connectivity index (χ2n) is 3.52. The average Bonchev–Trinajstić information content (AvgIpc) is 2.54. The fourth-order valence-electron chi connectivity index (χ4n) is 1.73. The van der Waals surface area contributed by atoms with Crippen molar-refractivity contribution >= 4 is 17.4 Å². The number of amides is 1. The molecule has 1 amide bonds. The summed E-state index contributed by atoms with van der Waals surface area (Å²) in [5, 5.41) is 0. The van der Waals surface area contributed by atoms with Crippen LogP contribution in [-0.4, -0.2) is 31.8 Å². The lowest BCUT2D eigenvalue weighted by Crippen LogP contribution is -2.33. The Morgan fingerprint density at radius 1 is 1.35 bits per heavy atom. The first-order valence-electron chi connectivity index (χ1n) is 4.87. The van der Waals surface area contributed by atoms with Crippen molar-refractivity contribution in [1.82, 2.24) is 0 Å². The van der Waals surface area contributed by atoms with Gasteiger partial charge in [0.25, 0.3) is 18.1 Å². The fourth-order valence-corrected chi connectivity index (χ4v) is 1.73. The zero-order valence-corrected chi connectivity index (χ0v) is 8.94. The minimum Gasteiger partial charge on any atom is -0.497 e. The summed E-state index contributed by atoms with van der Waals surface area (Å²) in [4.78, 5) is 23.9. The highest BCUT2D eigenvalue weighted by atomic mass is 19.3. The third-order valence-electron chi connectivity index (χ3n) is 2.50. The van der Waals surface area contributed by atoms with Crippen molar-refractivity contribution in [2.75, 3.05) is 18.6 Å². The molecule has 0 radical (unpaired) electrons. The topological polar surface area (TPSA) is 46.6 Å². The normalized spacial score (nSPS) is 14.5. The molecule has 0 saturated carbocycles. The van der Waals surface area contributed by atoms with Gasteiger partial charge in [0.15, 0.2) is 0 Å². The minimum atomic E-state index is -2.68. The first kappa shape index (κ1) is 11.5. The van der Waals surface area contributed by atoms with Gasteiger partial charge in [-0.2, -0.15) is 0 Å². The molecule has 0 atom stereocenters. The molecular weight excluding hydrogens is 232 g/mol. The predicted molar refractivity (Wildman–Crippen MR) is 55.7 cm³/mol. The van der Waals surface area contributed by atoms with Gasteiger partial charge in [-0.15, -0.1) is 0 Å². The number of hydrogen-bond donors (Lipinski definition) is 0. The van der Waals surface area contributed by atoms with E-state index < -0.39 is 24.7 Å². The molecule has 0 aromatic heterocycles. The number of hydrogen-bond acceptors (Lipinski definition) is 3. The Balaban J connectivity index is 2.43. The van der Waals surface area contributed by atoms with E-state index in [2.05, 4.69) is 0 Å². The average molecular weight is 241 g/mol. The van der Waals surface area contributed by atoms with Gasteiger partial charge < -0.3 is 4.74 Å². The van der Waals surface area contributed by atoms with E-state index in [0.29, 0.717) is 5.75 Å². The van der Waals surface area contributed by atoms with Crippen LogP contribution in [0.4, 0.5) is 14.5 Å². The third kappa shape index (κ3) is 1.86. The van der Waals surface area contributed by atoms with Crippen LogP contribution in [0.5, 0.6) is 5.75 Å². The van der Waals surface area contributed by atoms with Gasteiger partial charge in [-0.05, 0) is 18.2 Å². The predicted octanol–water partition coefficient (Wildman–Crippen LogP) is 1.49. The number of rotatable bonds is 3. The highest BCUT2D eigenvalue weighted by Crippen LogP contribution is 2.32. The van der Waals surface area contributed by atoms with Gasteiger partial charge in [0.1, 0.15) is 5.75 Å². The molecule has 4 nitrogen and oxygen atoms in total. The summed E-state index contributed by atoms with van der Waals surface area (Å²) in [5.41, 5.74) is 0.316. The second-order valence-corrected chi connectivity index (χ2v) is 3.52. The molecular formula is C11H9F2NO3. The lowest BCUT2D eigenvalue weighted by molar-refractivity contribution is -0.114. The highest BCUT2D eigenvalue weighted by Gasteiger charge is 2.37. The van der Waals surface area contributed by atoms with Crippen LogP contribution in [0.1, 0.15) is 10.4 Å². The Hall–Kier alpha value is -1.98. The molecule has 0 aliphatic carbocycles. The molecule has 0 unspecified atom stereocenters. The number of nitrogens with zero attached hydrogens (tertiary/aromatic N) is 1. The van der Waals surface area contributed by atoms with Crippen LogP contribution in [0.15, 0.2) is 18.2 Å². The quantitative estimate of drug-likeness (QED) is 0.753. The van der Waals surface area contributed by atoms with Gasteiger partial charge >= 0.3 is 0 Å². The SMILES string of the molecule is COc1ccc2c(c1)C(=O)C(=O)N2CC(F)F. The molecule has 0 fully saturated rings. The molecule has 1 aromatic rings. The van der Waals surface area contributed by atoms with Gasteiger partial charge in [-0.25, -0.2) is 8.78 Å². The lowest BCUT2D eigenvalue weighted by atomic mass is 10.1. The number of alkyl halides is 2. The van der Waals surface area contributed by atoms with Crippen LogP contribution in [-0.2, 0) is 4.79 Å².